The van der Waals surface area contributed by atoms with E-state index in [1.165, 1.54) is 17.2 Å². The summed E-state index contributed by atoms with van der Waals surface area (Å²) in [6.07, 6.45) is 2.31. The molecule has 4 aromatic rings. The topological polar surface area (TPSA) is 38.5 Å². The van der Waals surface area contributed by atoms with Crippen molar-refractivity contribution in [2.45, 2.75) is 39.3 Å². The Balaban J connectivity index is 1.48. The first-order valence-electron chi connectivity index (χ1n) is 13.3. The normalized spacial score (nSPS) is 10.8. The lowest BCUT2D eigenvalue weighted by atomic mass is 9.98. The van der Waals surface area contributed by atoms with E-state index in [0.717, 1.165) is 59.6 Å². The largest absolute Gasteiger partial charge is 0.489 e. The van der Waals surface area contributed by atoms with Gasteiger partial charge in [0.1, 0.15) is 18.2 Å². The van der Waals surface area contributed by atoms with E-state index < -0.39 is 0 Å². The molecule has 0 fully saturated rings. The third kappa shape index (κ3) is 7.33. The molecule has 4 heteroatoms. The summed E-state index contributed by atoms with van der Waals surface area (Å²) in [4.78, 5) is 2.30. The van der Waals surface area contributed by atoms with Crippen LogP contribution in [-0.4, -0.2) is 18.0 Å². The highest BCUT2D eigenvalue weighted by atomic mass is 19.1. The van der Waals surface area contributed by atoms with E-state index in [1.807, 2.05) is 36.4 Å². The van der Waals surface area contributed by atoms with Crippen LogP contribution in [0.15, 0.2) is 104 Å². The Hall–Kier alpha value is -3.89. The summed E-state index contributed by atoms with van der Waals surface area (Å²) in [5, 5.41) is 0. The van der Waals surface area contributed by atoms with Gasteiger partial charge in [-0.2, -0.15) is 0 Å². The number of nitrogens with two attached hydrogens (primary N) is 1. The molecular formula is C34H37FN2O. The maximum Gasteiger partial charge on any atom is 0.126 e. The maximum absolute atomic E-state index is 14.2. The second kappa shape index (κ2) is 13.6. The van der Waals surface area contributed by atoms with E-state index in [1.54, 1.807) is 6.07 Å². The number of nitrogens with zero attached hydrogens (tertiary/aromatic N) is 1. The summed E-state index contributed by atoms with van der Waals surface area (Å²) >= 11 is 0. The van der Waals surface area contributed by atoms with Crippen LogP contribution in [0, 0.1) is 12.7 Å². The Morgan fingerprint density at radius 1 is 0.842 bits per heavy atom. The minimum absolute atomic E-state index is 0.144. The van der Waals surface area contributed by atoms with Crippen LogP contribution in [0.4, 0.5) is 4.39 Å². The van der Waals surface area contributed by atoms with Gasteiger partial charge in [0.05, 0.1) is 0 Å². The number of halogens is 1. The lowest BCUT2D eigenvalue weighted by Gasteiger charge is -2.28. The third-order valence-electron chi connectivity index (χ3n) is 6.86. The van der Waals surface area contributed by atoms with Crippen LogP contribution < -0.4 is 10.5 Å². The minimum Gasteiger partial charge on any atom is -0.489 e. The fourth-order valence-corrected chi connectivity index (χ4v) is 4.63. The molecule has 0 aromatic heterocycles. The first-order valence-corrected chi connectivity index (χ1v) is 13.3. The first-order chi connectivity index (χ1) is 18.5. The van der Waals surface area contributed by atoms with Crippen molar-refractivity contribution in [3.05, 3.63) is 143 Å². The quantitative estimate of drug-likeness (QED) is 0.206. The molecule has 196 valence electrons. The van der Waals surface area contributed by atoms with Gasteiger partial charge in [-0.05, 0) is 90.4 Å². The standard InChI is InChI=1S/C34H37FN2O/c1-26-23-31(19-20-34(26)38-25-28-11-4-3-5-12-28)27(2)37(22-10-21-36)24-32-15-7-6-13-29(32)17-18-30-14-8-9-16-33(30)35/h3-9,11-16,19-20,23H,2,10,17-18,21-22,24-25,36H2,1H3. The highest BCUT2D eigenvalue weighted by Crippen LogP contribution is 2.27. The van der Waals surface area contributed by atoms with E-state index in [9.17, 15) is 4.39 Å². The van der Waals surface area contributed by atoms with Gasteiger partial charge in [-0.1, -0.05) is 79.4 Å². The number of ether oxygens (including phenoxy) is 1. The van der Waals surface area contributed by atoms with Gasteiger partial charge < -0.3 is 15.4 Å². The molecule has 0 unspecified atom stereocenters. The van der Waals surface area contributed by atoms with Gasteiger partial charge in [0.2, 0.25) is 0 Å². The average Bonchev–Trinajstić information content (AvgIpc) is 2.95. The molecule has 0 amide bonds. The molecule has 0 bridgehead atoms. The first kappa shape index (κ1) is 27.2. The number of hydrogen-bond donors (Lipinski definition) is 1. The summed E-state index contributed by atoms with van der Waals surface area (Å²) in [6, 6.07) is 31.9. The van der Waals surface area contributed by atoms with Crippen LogP contribution in [0.2, 0.25) is 0 Å². The smallest absolute Gasteiger partial charge is 0.126 e. The molecule has 0 aliphatic rings. The van der Waals surface area contributed by atoms with Crippen molar-refractivity contribution in [1.29, 1.82) is 0 Å². The number of hydrogen-bond acceptors (Lipinski definition) is 3. The van der Waals surface area contributed by atoms with Gasteiger partial charge >= 0.3 is 0 Å². The van der Waals surface area contributed by atoms with Gasteiger partial charge in [-0.25, -0.2) is 4.39 Å². The Morgan fingerprint density at radius 3 is 2.21 bits per heavy atom. The number of aryl methyl sites for hydroxylation is 3. The van der Waals surface area contributed by atoms with Crippen molar-refractivity contribution in [2.75, 3.05) is 13.1 Å². The van der Waals surface area contributed by atoms with E-state index in [4.69, 9.17) is 10.5 Å². The molecule has 2 N–H and O–H groups in total. The molecule has 3 nitrogen and oxygen atoms in total. The molecule has 4 aromatic carbocycles. The zero-order chi connectivity index (χ0) is 26.7. The summed E-state index contributed by atoms with van der Waals surface area (Å²) in [6.45, 7) is 9.22. The van der Waals surface area contributed by atoms with Crippen LogP contribution in [0.5, 0.6) is 5.75 Å². The highest BCUT2D eigenvalue weighted by Gasteiger charge is 2.14. The van der Waals surface area contributed by atoms with Crippen LogP contribution in [-0.2, 0) is 26.0 Å². The van der Waals surface area contributed by atoms with Gasteiger partial charge in [0, 0.05) is 18.8 Å². The lowest BCUT2D eigenvalue weighted by Crippen LogP contribution is -2.25. The van der Waals surface area contributed by atoms with Crippen LogP contribution in [0.3, 0.4) is 0 Å². The van der Waals surface area contributed by atoms with Gasteiger partial charge in [0.25, 0.3) is 0 Å². The summed E-state index contributed by atoms with van der Waals surface area (Å²) in [7, 11) is 0. The van der Waals surface area contributed by atoms with E-state index in [2.05, 4.69) is 66.9 Å². The fourth-order valence-electron chi connectivity index (χ4n) is 4.63. The van der Waals surface area contributed by atoms with Crippen molar-refractivity contribution in [3.63, 3.8) is 0 Å². The van der Waals surface area contributed by atoms with Crippen LogP contribution >= 0.6 is 0 Å². The molecule has 38 heavy (non-hydrogen) atoms. The summed E-state index contributed by atoms with van der Waals surface area (Å²) < 4.78 is 20.3. The van der Waals surface area contributed by atoms with E-state index >= 15 is 0 Å². The molecule has 0 aliphatic heterocycles. The predicted octanol–water partition coefficient (Wildman–Crippen LogP) is 7.32. The van der Waals surface area contributed by atoms with Gasteiger partial charge in [-0.15, -0.1) is 0 Å². The number of rotatable bonds is 13. The monoisotopic (exact) mass is 508 g/mol. The van der Waals surface area contributed by atoms with Crippen molar-refractivity contribution >= 4 is 5.70 Å². The molecule has 0 spiro atoms. The van der Waals surface area contributed by atoms with Crippen molar-refractivity contribution in [2.24, 2.45) is 5.73 Å². The molecular weight excluding hydrogens is 471 g/mol. The fraction of sp³-hybridized carbons (Fsp3) is 0.235. The predicted molar refractivity (Wildman–Crippen MR) is 155 cm³/mol. The van der Waals surface area contributed by atoms with E-state index in [-0.39, 0.29) is 5.82 Å². The Morgan fingerprint density at radius 2 is 1.50 bits per heavy atom. The Labute approximate surface area is 226 Å². The summed E-state index contributed by atoms with van der Waals surface area (Å²) in [5.74, 6) is 0.729. The second-order valence-corrected chi connectivity index (χ2v) is 9.63. The van der Waals surface area contributed by atoms with Crippen LogP contribution in [0.25, 0.3) is 5.70 Å². The van der Waals surface area contributed by atoms with Crippen molar-refractivity contribution < 1.29 is 9.13 Å². The maximum atomic E-state index is 14.2. The Bertz CT molecular complexity index is 1340. The van der Waals surface area contributed by atoms with Crippen LogP contribution in [0.1, 0.15) is 39.8 Å². The zero-order valence-corrected chi connectivity index (χ0v) is 22.2. The molecule has 0 radical (unpaired) electrons. The third-order valence-corrected chi connectivity index (χ3v) is 6.86. The average molecular weight is 509 g/mol. The lowest BCUT2D eigenvalue weighted by molar-refractivity contribution is 0.304. The van der Waals surface area contributed by atoms with Crippen molar-refractivity contribution in [1.82, 2.24) is 4.90 Å². The molecule has 0 aliphatic carbocycles. The second-order valence-electron chi connectivity index (χ2n) is 9.63. The van der Waals surface area contributed by atoms with Gasteiger partial charge in [0.15, 0.2) is 0 Å². The van der Waals surface area contributed by atoms with Crippen molar-refractivity contribution in [3.8, 4) is 5.75 Å². The molecule has 0 saturated heterocycles. The zero-order valence-electron chi connectivity index (χ0n) is 22.2. The molecule has 0 heterocycles. The molecule has 0 saturated carbocycles. The SMILES string of the molecule is C=C(c1ccc(OCc2ccccc2)c(C)c1)N(CCCN)Cc1ccccc1CCc1ccccc1F. The minimum atomic E-state index is -0.144. The van der Waals surface area contributed by atoms with Gasteiger partial charge in [-0.3, -0.25) is 0 Å². The molecule has 4 rings (SSSR count). The summed E-state index contributed by atoms with van der Waals surface area (Å²) in [5.41, 5.74) is 13.3. The number of benzene rings is 4. The highest BCUT2D eigenvalue weighted by molar-refractivity contribution is 5.64. The molecule has 0 atom stereocenters. The Kier molecular flexibility index (Phi) is 9.71. The van der Waals surface area contributed by atoms with E-state index in [0.29, 0.717) is 19.6 Å².